The molecule has 0 radical (unpaired) electrons. The van der Waals surface area contributed by atoms with Crippen molar-refractivity contribution < 1.29 is 39.5 Å². The van der Waals surface area contributed by atoms with Gasteiger partial charge in [0, 0.05) is 12.8 Å². The molecule has 0 unspecified atom stereocenters. The molecule has 0 saturated carbocycles. The second kappa shape index (κ2) is 17.7. The second-order valence-electron chi connectivity index (χ2n) is 9.15. The summed E-state index contributed by atoms with van der Waals surface area (Å²) in [6, 6.07) is 0. The van der Waals surface area contributed by atoms with Crippen LogP contribution in [0.1, 0.15) is 25.7 Å². The fraction of sp³-hybridized carbons (Fsp3) is 0.667. The molecule has 0 aliphatic carbocycles. The fourth-order valence-corrected chi connectivity index (χ4v) is 4.10. The molecule has 0 saturated heterocycles. The zero-order valence-electron chi connectivity index (χ0n) is 23.9. The van der Waals surface area contributed by atoms with E-state index in [4.69, 9.17) is 29.9 Å². The summed E-state index contributed by atoms with van der Waals surface area (Å²) in [7, 11) is 0. The minimum Gasteiger partial charge on any atom is -0.464 e. The topological polar surface area (TPSA) is 266 Å². The molecule has 2 heterocycles. The SMILES string of the molecule is O=C(CCCCC(=O)OCCn1c(=O)n(CCO)c(=O)n(CCO)c1=O)OCCn1c(=O)n(CCO)c(=O)n(CCO)c1=O. The molecule has 0 aliphatic heterocycles. The fourth-order valence-electron chi connectivity index (χ4n) is 4.10. The third-order valence-electron chi connectivity index (χ3n) is 6.23. The van der Waals surface area contributed by atoms with Gasteiger partial charge in [-0.15, -0.1) is 0 Å². The first-order chi connectivity index (χ1) is 21.0. The Balaban J connectivity index is 1.84. The summed E-state index contributed by atoms with van der Waals surface area (Å²) < 4.78 is 13.8. The van der Waals surface area contributed by atoms with Crippen LogP contribution in [0.4, 0.5) is 0 Å². The van der Waals surface area contributed by atoms with Gasteiger partial charge in [-0.1, -0.05) is 0 Å². The first kappa shape index (κ1) is 35.8. The summed E-state index contributed by atoms with van der Waals surface area (Å²) >= 11 is 0. The summed E-state index contributed by atoms with van der Waals surface area (Å²) in [6.07, 6.45) is 0.173. The summed E-state index contributed by atoms with van der Waals surface area (Å²) in [5.74, 6) is -1.38. The Morgan fingerprint density at radius 2 is 0.659 bits per heavy atom. The van der Waals surface area contributed by atoms with Gasteiger partial charge in [-0.05, 0) is 12.8 Å². The van der Waals surface area contributed by atoms with E-state index in [0.717, 1.165) is 0 Å². The van der Waals surface area contributed by atoms with Crippen LogP contribution in [0, 0.1) is 0 Å². The van der Waals surface area contributed by atoms with Gasteiger partial charge in [0.15, 0.2) is 0 Å². The van der Waals surface area contributed by atoms with Crippen molar-refractivity contribution in [3.8, 4) is 0 Å². The van der Waals surface area contributed by atoms with Crippen molar-refractivity contribution in [1.29, 1.82) is 0 Å². The van der Waals surface area contributed by atoms with E-state index in [-0.39, 0.29) is 51.9 Å². The predicted molar refractivity (Wildman–Crippen MR) is 147 cm³/mol. The highest BCUT2D eigenvalue weighted by molar-refractivity contribution is 5.70. The van der Waals surface area contributed by atoms with Crippen molar-refractivity contribution in [2.45, 2.75) is 65.0 Å². The lowest BCUT2D eigenvalue weighted by atomic mass is 10.2. The van der Waals surface area contributed by atoms with Crippen LogP contribution in [0.5, 0.6) is 0 Å². The molecule has 0 spiro atoms. The molecule has 0 aromatic carbocycles. The molecule has 0 fully saturated rings. The molecule has 20 nitrogen and oxygen atoms in total. The number of aliphatic hydroxyl groups excluding tert-OH is 4. The Morgan fingerprint density at radius 1 is 0.432 bits per heavy atom. The minimum atomic E-state index is -1.01. The van der Waals surface area contributed by atoms with E-state index in [1.54, 1.807) is 0 Å². The Bertz CT molecular complexity index is 1430. The summed E-state index contributed by atoms with van der Waals surface area (Å²) in [5, 5.41) is 36.5. The van der Waals surface area contributed by atoms with Crippen LogP contribution >= 0.6 is 0 Å². The van der Waals surface area contributed by atoms with Crippen molar-refractivity contribution in [1.82, 2.24) is 27.4 Å². The van der Waals surface area contributed by atoms with Crippen molar-refractivity contribution in [2.24, 2.45) is 0 Å². The van der Waals surface area contributed by atoms with Crippen molar-refractivity contribution in [2.75, 3.05) is 39.6 Å². The lowest BCUT2D eigenvalue weighted by Gasteiger charge is -2.13. The number of esters is 2. The average molecular weight is 633 g/mol. The van der Waals surface area contributed by atoms with Crippen LogP contribution in [0.15, 0.2) is 28.8 Å². The standard InChI is InChI=1S/C24H36N6O14/c31-11-5-25-19(37)26(6-12-32)22(40)29(21(25)39)9-15-43-17(35)3-1-2-4-18(36)44-16-10-30-23(41)27(7-13-33)20(38)28(8-14-34)24(30)42/h31-34H,1-16H2. The maximum Gasteiger partial charge on any atom is 0.336 e. The van der Waals surface area contributed by atoms with Gasteiger partial charge in [0.2, 0.25) is 0 Å². The van der Waals surface area contributed by atoms with Gasteiger partial charge in [-0.2, -0.15) is 0 Å². The normalized spacial score (nSPS) is 11.1. The largest absolute Gasteiger partial charge is 0.464 e. The van der Waals surface area contributed by atoms with Crippen LogP contribution in [0.3, 0.4) is 0 Å². The molecule has 0 amide bonds. The maximum absolute atomic E-state index is 12.5. The molecule has 2 aromatic heterocycles. The van der Waals surface area contributed by atoms with Crippen LogP contribution in [0.2, 0.25) is 0 Å². The van der Waals surface area contributed by atoms with Gasteiger partial charge in [-0.3, -0.25) is 9.59 Å². The first-order valence-corrected chi connectivity index (χ1v) is 13.7. The number of hydrogen-bond donors (Lipinski definition) is 4. The van der Waals surface area contributed by atoms with Gasteiger partial charge in [0.25, 0.3) is 0 Å². The molecule has 4 N–H and O–H groups in total. The van der Waals surface area contributed by atoms with E-state index >= 15 is 0 Å². The van der Waals surface area contributed by atoms with E-state index < -0.39 is 98.8 Å². The predicted octanol–water partition coefficient (Wildman–Crippen LogP) is -6.03. The van der Waals surface area contributed by atoms with Crippen LogP contribution in [0.25, 0.3) is 0 Å². The molecule has 20 heteroatoms. The summed E-state index contributed by atoms with van der Waals surface area (Å²) in [6.45, 7) is -5.30. The van der Waals surface area contributed by atoms with Gasteiger partial charge in [0.1, 0.15) is 13.2 Å². The number of carbonyl (C=O) groups excluding carboxylic acids is 2. The molecular formula is C24H36N6O14. The van der Waals surface area contributed by atoms with Gasteiger partial charge < -0.3 is 29.9 Å². The average Bonchev–Trinajstić information content (AvgIpc) is 2.99. The highest BCUT2D eigenvalue weighted by Crippen LogP contribution is 2.03. The first-order valence-electron chi connectivity index (χ1n) is 13.7. The second-order valence-corrected chi connectivity index (χ2v) is 9.15. The van der Waals surface area contributed by atoms with Crippen molar-refractivity contribution in [3.05, 3.63) is 62.9 Å². The summed E-state index contributed by atoms with van der Waals surface area (Å²) in [5.41, 5.74) is -6.02. The van der Waals surface area contributed by atoms with E-state index in [2.05, 4.69) is 0 Å². The number of hydrogen-bond acceptors (Lipinski definition) is 14. The number of aromatic nitrogens is 6. The molecule has 246 valence electrons. The van der Waals surface area contributed by atoms with Crippen LogP contribution in [-0.4, -0.2) is 99.4 Å². The Labute approximate surface area is 246 Å². The lowest BCUT2D eigenvalue weighted by molar-refractivity contribution is -0.146. The zero-order chi connectivity index (χ0) is 32.8. The highest BCUT2D eigenvalue weighted by atomic mass is 16.5. The quantitative estimate of drug-likeness (QED) is 0.0830. The van der Waals surface area contributed by atoms with Crippen molar-refractivity contribution >= 4 is 11.9 Å². The third-order valence-corrected chi connectivity index (χ3v) is 6.23. The number of unbranched alkanes of at least 4 members (excludes halogenated alkanes) is 1. The molecule has 0 aliphatic rings. The zero-order valence-corrected chi connectivity index (χ0v) is 23.9. The number of nitrogens with zero attached hydrogens (tertiary/aromatic N) is 6. The number of carbonyl (C=O) groups is 2. The van der Waals surface area contributed by atoms with E-state index in [9.17, 15) is 38.4 Å². The van der Waals surface area contributed by atoms with Gasteiger partial charge in [-0.25, -0.2) is 56.2 Å². The van der Waals surface area contributed by atoms with Crippen molar-refractivity contribution in [3.63, 3.8) is 0 Å². The maximum atomic E-state index is 12.5. The Kier molecular flexibility index (Phi) is 14.4. The molecule has 2 aromatic rings. The molecular weight excluding hydrogens is 596 g/mol. The lowest BCUT2D eigenvalue weighted by Crippen LogP contribution is -2.55. The highest BCUT2D eigenvalue weighted by Gasteiger charge is 2.17. The summed E-state index contributed by atoms with van der Waals surface area (Å²) in [4.78, 5) is 98.6. The molecule has 0 atom stereocenters. The monoisotopic (exact) mass is 632 g/mol. The Morgan fingerprint density at radius 3 is 0.886 bits per heavy atom. The van der Waals surface area contributed by atoms with Crippen LogP contribution < -0.4 is 34.1 Å². The van der Waals surface area contributed by atoms with Crippen LogP contribution in [-0.2, 0) is 58.3 Å². The number of rotatable bonds is 19. The Hall–Kier alpha value is -4.40. The van der Waals surface area contributed by atoms with E-state index in [1.165, 1.54) is 0 Å². The van der Waals surface area contributed by atoms with Gasteiger partial charge >= 0.3 is 46.1 Å². The molecule has 0 bridgehead atoms. The van der Waals surface area contributed by atoms with E-state index in [0.29, 0.717) is 27.4 Å². The molecule has 44 heavy (non-hydrogen) atoms. The number of aliphatic hydroxyl groups is 4. The minimum absolute atomic E-state index is 0.118. The third kappa shape index (κ3) is 9.05. The van der Waals surface area contributed by atoms with E-state index in [1.807, 2.05) is 0 Å². The number of ether oxygens (including phenoxy) is 2. The van der Waals surface area contributed by atoms with Gasteiger partial charge in [0.05, 0.1) is 65.7 Å². The smallest absolute Gasteiger partial charge is 0.336 e. The molecule has 2 rings (SSSR count).